The minimum absolute atomic E-state index is 0.0114. The molecule has 8 heteroatoms. The number of carboxylic acids is 1. The zero-order valence-electron chi connectivity index (χ0n) is 12.4. The second kappa shape index (κ2) is 9.54. The number of methoxy groups -OCH3 is 1. The highest BCUT2D eigenvalue weighted by Gasteiger charge is 2.27. The van der Waals surface area contributed by atoms with Gasteiger partial charge in [0, 0.05) is 26.7 Å². The third kappa shape index (κ3) is 6.28. The number of amides is 2. The van der Waals surface area contributed by atoms with E-state index in [-0.39, 0.29) is 31.8 Å². The molecule has 1 heterocycles. The Balaban J connectivity index is 2.46. The van der Waals surface area contributed by atoms with E-state index in [4.69, 9.17) is 19.7 Å². The lowest BCUT2D eigenvalue weighted by Gasteiger charge is -2.35. The number of piperidine rings is 1. The van der Waals surface area contributed by atoms with Crippen LogP contribution in [-0.2, 0) is 14.3 Å². The molecule has 0 atom stereocenters. The summed E-state index contributed by atoms with van der Waals surface area (Å²) in [6.45, 7) is 1.57. The zero-order valence-corrected chi connectivity index (χ0v) is 12.4. The van der Waals surface area contributed by atoms with Crippen LogP contribution in [0.15, 0.2) is 0 Å². The van der Waals surface area contributed by atoms with E-state index < -0.39 is 5.97 Å². The van der Waals surface area contributed by atoms with Gasteiger partial charge in [0.2, 0.25) is 0 Å². The molecule has 0 saturated carbocycles. The van der Waals surface area contributed by atoms with Crippen molar-refractivity contribution in [2.45, 2.75) is 18.9 Å². The summed E-state index contributed by atoms with van der Waals surface area (Å²) >= 11 is 0. The predicted octanol–water partition coefficient (Wildman–Crippen LogP) is -0.387. The maximum Gasteiger partial charge on any atom is 0.323 e. The van der Waals surface area contributed by atoms with E-state index in [0.29, 0.717) is 39.1 Å². The average molecular weight is 304 g/mol. The number of carboxylic acid groups (broad SMARTS) is 1. The number of hydrogen-bond acceptors (Lipinski definition) is 5. The molecule has 1 aliphatic rings. The second-order valence-corrected chi connectivity index (χ2v) is 4.87. The summed E-state index contributed by atoms with van der Waals surface area (Å²) < 4.78 is 10.3. The fourth-order valence-corrected chi connectivity index (χ4v) is 2.24. The van der Waals surface area contributed by atoms with Gasteiger partial charge in [0.15, 0.2) is 0 Å². The third-order valence-electron chi connectivity index (χ3n) is 3.32. The van der Waals surface area contributed by atoms with Crippen LogP contribution < -0.4 is 0 Å². The molecular formula is C13H24N2O6. The maximum atomic E-state index is 12.3. The van der Waals surface area contributed by atoms with Crippen LogP contribution in [0, 0.1) is 0 Å². The number of urea groups is 1. The van der Waals surface area contributed by atoms with Crippen LogP contribution in [0.5, 0.6) is 0 Å². The van der Waals surface area contributed by atoms with Gasteiger partial charge in [0.25, 0.3) is 0 Å². The number of aliphatic carboxylic acids is 1. The van der Waals surface area contributed by atoms with Gasteiger partial charge < -0.3 is 29.5 Å². The molecule has 2 N–H and O–H groups in total. The van der Waals surface area contributed by atoms with Crippen molar-refractivity contribution in [2.24, 2.45) is 0 Å². The molecule has 0 aromatic carbocycles. The van der Waals surface area contributed by atoms with Crippen LogP contribution in [0.25, 0.3) is 0 Å². The van der Waals surface area contributed by atoms with Crippen molar-refractivity contribution in [1.82, 2.24) is 9.80 Å². The van der Waals surface area contributed by atoms with E-state index in [1.54, 1.807) is 4.90 Å². The first kappa shape index (κ1) is 17.7. The van der Waals surface area contributed by atoms with Gasteiger partial charge in [0.05, 0.1) is 25.9 Å². The van der Waals surface area contributed by atoms with Crippen LogP contribution in [0.2, 0.25) is 0 Å². The highest BCUT2D eigenvalue weighted by Crippen LogP contribution is 2.15. The molecule has 8 nitrogen and oxygen atoms in total. The van der Waals surface area contributed by atoms with Gasteiger partial charge in [-0.25, -0.2) is 4.79 Å². The summed E-state index contributed by atoms with van der Waals surface area (Å²) in [5.74, 6) is -1.04. The monoisotopic (exact) mass is 304 g/mol. The Morgan fingerprint density at radius 2 is 1.95 bits per heavy atom. The number of carbonyl (C=O) groups is 2. The lowest BCUT2D eigenvalue weighted by Crippen LogP contribution is -2.50. The number of likely N-dealkylation sites (tertiary alicyclic amines) is 1. The molecule has 0 bridgehead atoms. The Morgan fingerprint density at radius 3 is 2.48 bits per heavy atom. The van der Waals surface area contributed by atoms with Crippen LogP contribution in [0.3, 0.4) is 0 Å². The second-order valence-electron chi connectivity index (χ2n) is 4.87. The molecule has 0 aromatic rings. The van der Waals surface area contributed by atoms with Gasteiger partial charge in [-0.1, -0.05) is 0 Å². The molecule has 21 heavy (non-hydrogen) atoms. The van der Waals surface area contributed by atoms with E-state index in [0.717, 1.165) is 0 Å². The fraction of sp³-hybridized carbons (Fsp3) is 0.846. The Bertz CT molecular complexity index is 331. The van der Waals surface area contributed by atoms with Gasteiger partial charge in [0.1, 0.15) is 6.54 Å². The predicted molar refractivity (Wildman–Crippen MR) is 74.1 cm³/mol. The van der Waals surface area contributed by atoms with E-state index in [1.807, 2.05) is 0 Å². The van der Waals surface area contributed by atoms with Gasteiger partial charge in [-0.2, -0.15) is 0 Å². The maximum absolute atomic E-state index is 12.3. The third-order valence-corrected chi connectivity index (χ3v) is 3.32. The average Bonchev–Trinajstić information content (AvgIpc) is 2.49. The molecule has 0 radical (unpaired) electrons. The van der Waals surface area contributed by atoms with Gasteiger partial charge >= 0.3 is 12.0 Å². The first-order chi connectivity index (χ1) is 10.1. The van der Waals surface area contributed by atoms with E-state index in [2.05, 4.69) is 0 Å². The number of ether oxygens (including phenoxy) is 2. The van der Waals surface area contributed by atoms with Crippen LogP contribution in [0.4, 0.5) is 4.79 Å². The fourth-order valence-electron chi connectivity index (χ4n) is 2.24. The number of carbonyl (C=O) groups excluding carboxylic acids is 1. The van der Waals surface area contributed by atoms with E-state index >= 15 is 0 Å². The summed E-state index contributed by atoms with van der Waals surface area (Å²) in [7, 11) is 1.51. The topological polar surface area (TPSA) is 99.5 Å². The number of aliphatic hydroxyl groups is 1. The van der Waals surface area contributed by atoms with Crippen molar-refractivity contribution in [2.75, 3.05) is 53.1 Å². The Hall–Kier alpha value is -1.38. The first-order valence-corrected chi connectivity index (χ1v) is 7.05. The summed E-state index contributed by atoms with van der Waals surface area (Å²) in [5, 5.41) is 17.6. The summed E-state index contributed by atoms with van der Waals surface area (Å²) in [6, 6.07) is -0.282. The minimum Gasteiger partial charge on any atom is -0.480 e. The summed E-state index contributed by atoms with van der Waals surface area (Å²) in [5.41, 5.74) is 0. The standard InChI is InChI=1S/C13H24N2O6/c1-20-8-6-15(10-12(17)18)13(19)14-4-2-11(3-5-14)21-9-7-16/h11,16H,2-10H2,1H3,(H,17,18). The molecule has 1 fully saturated rings. The Labute approximate surface area is 124 Å². The van der Waals surface area contributed by atoms with E-state index in [9.17, 15) is 9.59 Å². The first-order valence-electron chi connectivity index (χ1n) is 7.05. The highest BCUT2D eigenvalue weighted by atomic mass is 16.5. The van der Waals surface area contributed by atoms with Gasteiger partial charge in [-0.15, -0.1) is 0 Å². The molecule has 1 aliphatic heterocycles. The molecule has 122 valence electrons. The molecule has 1 rings (SSSR count). The van der Waals surface area contributed by atoms with E-state index in [1.165, 1.54) is 12.0 Å². The van der Waals surface area contributed by atoms with Crippen LogP contribution >= 0.6 is 0 Å². The molecule has 0 spiro atoms. The number of rotatable bonds is 8. The molecular weight excluding hydrogens is 280 g/mol. The van der Waals surface area contributed by atoms with Gasteiger partial charge in [-0.05, 0) is 12.8 Å². The highest BCUT2D eigenvalue weighted by molar-refractivity contribution is 5.80. The number of hydrogen-bond donors (Lipinski definition) is 2. The molecule has 0 aliphatic carbocycles. The summed E-state index contributed by atoms with van der Waals surface area (Å²) in [6.07, 6.45) is 1.43. The lowest BCUT2D eigenvalue weighted by molar-refractivity contribution is -0.137. The molecule has 0 unspecified atom stereocenters. The van der Waals surface area contributed by atoms with Crippen LogP contribution in [0.1, 0.15) is 12.8 Å². The Morgan fingerprint density at radius 1 is 1.29 bits per heavy atom. The number of nitrogens with zero attached hydrogens (tertiary/aromatic N) is 2. The van der Waals surface area contributed by atoms with Crippen molar-refractivity contribution < 1.29 is 29.3 Å². The van der Waals surface area contributed by atoms with Crippen LogP contribution in [-0.4, -0.2) is 91.2 Å². The van der Waals surface area contributed by atoms with Crippen molar-refractivity contribution >= 4 is 12.0 Å². The zero-order chi connectivity index (χ0) is 15.7. The SMILES string of the molecule is COCCN(CC(=O)O)C(=O)N1CCC(OCCO)CC1. The largest absolute Gasteiger partial charge is 0.480 e. The summed E-state index contributed by atoms with van der Waals surface area (Å²) in [4.78, 5) is 26.1. The molecule has 1 saturated heterocycles. The quantitative estimate of drug-likeness (QED) is 0.634. The Kier molecular flexibility index (Phi) is 8.03. The van der Waals surface area contributed by atoms with Gasteiger partial charge in [-0.3, -0.25) is 4.79 Å². The normalized spacial score (nSPS) is 16.0. The smallest absolute Gasteiger partial charge is 0.323 e. The minimum atomic E-state index is -1.04. The molecule has 0 aromatic heterocycles. The van der Waals surface area contributed by atoms with Crippen molar-refractivity contribution in [3.05, 3.63) is 0 Å². The van der Waals surface area contributed by atoms with Crippen molar-refractivity contribution in [3.8, 4) is 0 Å². The lowest BCUT2D eigenvalue weighted by atomic mass is 10.1. The van der Waals surface area contributed by atoms with Crippen molar-refractivity contribution in [3.63, 3.8) is 0 Å². The number of aliphatic hydroxyl groups excluding tert-OH is 1. The van der Waals surface area contributed by atoms with Crippen molar-refractivity contribution in [1.29, 1.82) is 0 Å². The molecule has 2 amide bonds.